The normalized spacial score (nSPS) is 30.9. The van der Waals surface area contributed by atoms with Crippen molar-refractivity contribution in [3.8, 4) is 0 Å². The highest BCUT2D eigenvalue weighted by molar-refractivity contribution is 14.0. The minimum atomic E-state index is -0.559. The molecule has 144 valence electrons. The molecule has 5 unspecified atom stereocenters. The number of fused-ring (bicyclic) bond motifs is 5. The first-order chi connectivity index (χ1) is 12.2. The van der Waals surface area contributed by atoms with Crippen molar-refractivity contribution in [3.05, 3.63) is 35.4 Å². The highest BCUT2D eigenvalue weighted by Crippen LogP contribution is 2.47. The first-order valence-electron chi connectivity index (χ1n) is 9.59. The zero-order chi connectivity index (χ0) is 17.4. The van der Waals surface area contributed by atoms with Crippen molar-refractivity contribution in [2.24, 2.45) is 16.8 Å². The molecule has 6 heteroatoms. The van der Waals surface area contributed by atoms with E-state index < -0.39 is 6.10 Å². The molecule has 0 aromatic heterocycles. The van der Waals surface area contributed by atoms with Gasteiger partial charge in [-0.15, -0.1) is 24.0 Å². The van der Waals surface area contributed by atoms with Crippen LogP contribution in [0.5, 0.6) is 0 Å². The monoisotopic (exact) mass is 471 g/mol. The molecule has 4 rings (SSSR count). The molecule has 0 saturated carbocycles. The van der Waals surface area contributed by atoms with Crippen molar-refractivity contribution in [2.45, 2.75) is 45.0 Å². The second-order valence-electron chi connectivity index (χ2n) is 7.64. The Morgan fingerprint density at radius 2 is 1.85 bits per heavy atom. The summed E-state index contributed by atoms with van der Waals surface area (Å²) in [4.78, 5) is 7.10. The third-order valence-corrected chi connectivity index (χ3v) is 5.96. The van der Waals surface area contributed by atoms with Gasteiger partial charge < -0.3 is 20.1 Å². The molecule has 2 bridgehead atoms. The lowest BCUT2D eigenvalue weighted by molar-refractivity contribution is 0.0766. The van der Waals surface area contributed by atoms with Gasteiger partial charge in [-0.2, -0.15) is 0 Å². The Kier molecular flexibility index (Phi) is 6.45. The highest BCUT2D eigenvalue weighted by atomic mass is 127. The van der Waals surface area contributed by atoms with Crippen LogP contribution in [0, 0.1) is 18.8 Å². The van der Waals surface area contributed by atoms with Gasteiger partial charge in [0.25, 0.3) is 0 Å². The van der Waals surface area contributed by atoms with E-state index in [1.807, 2.05) is 24.3 Å². The number of benzene rings is 1. The lowest BCUT2D eigenvalue weighted by Crippen LogP contribution is -2.41. The molecule has 0 aliphatic carbocycles. The van der Waals surface area contributed by atoms with Gasteiger partial charge in [0, 0.05) is 31.5 Å². The van der Waals surface area contributed by atoms with Crippen molar-refractivity contribution in [2.75, 3.05) is 26.2 Å². The van der Waals surface area contributed by atoms with Gasteiger partial charge in [-0.1, -0.05) is 29.8 Å². The Hall–Kier alpha value is -0.860. The Balaban J connectivity index is 0.00000196. The van der Waals surface area contributed by atoms with Crippen molar-refractivity contribution < 1.29 is 9.84 Å². The van der Waals surface area contributed by atoms with Crippen LogP contribution in [0.3, 0.4) is 0 Å². The summed E-state index contributed by atoms with van der Waals surface area (Å²) in [5.41, 5.74) is 2.13. The number of aliphatic imine (C=N–C) groups is 1. The van der Waals surface area contributed by atoms with Crippen LogP contribution < -0.4 is 5.32 Å². The minimum absolute atomic E-state index is 0. The Bertz CT molecular complexity index is 618. The van der Waals surface area contributed by atoms with Crippen molar-refractivity contribution in [3.63, 3.8) is 0 Å². The Morgan fingerprint density at radius 3 is 2.42 bits per heavy atom. The largest absolute Gasteiger partial charge is 0.386 e. The van der Waals surface area contributed by atoms with E-state index in [2.05, 4.69) is 24.1 Å². The van der Waals surface area contributed by atoms with Crippen LogP contribution in [-0.4, -0.2) is 54.4 Å². The molecule has 0 amide bonds. The van der Waals surface area contributed by atoms with E-state index in [1.54, 1.807) is 0 Å². The predicted octanol–water partition coefficient (Wildman–Crippen LogP) is 2.72. The third-order valence-electron chi connectivity index (χ3n) is 5.96. The Morgan fingerprint density at radius 1 is 1.23 bits per heavy atom. The number of hydrogen-bond acceptors (Lipinski definition) is 3. The van der Waals surface area contributed by atoms with Gasteiger partial charge >= 0.3 is 0 Å². The summed E-state index contributed by atoms with van der Waals surface area (Å²) >= 11 is 0. The first kappa shape index (κ1) is 19.9. The van der Waals surface area contributed by atoms with Crippen LogP contribution in [0.1, 0.15) is 37.0 Å². The van der Waals surface area contributed by atoms with Crippen LogP contribution in [0.2, 0.25) is 0 Å². The van der Waals surface area contributed by atoms with Gasteiger partial charge in [0.1, 0.15) is 0 Å². The molecule has 5 nitrogen and oxygen atoms in total. The summed E-state index contributed by atoms with van der Waals surface area (Å²) < 4.78 is 6.07. The van der Waals surface area contributed by atoms with Crippen LogP contribution in [0.15, 0.2) is 29.3 Å². The van der Waals surface area contributed by atoms with Crippen molar-refractivity contribution in [1.29, 1.82) is 0 Å². The van der Waals surface area contributed by atoms with E-state index in [-0.39, 0.29) is 24.0 Å². The minimum Gasteiger partial charge on any atom is -0.386 e. The molecule has 3 aliphatic rings. The molecule has 1 aromatic rings. The number of aryl methyl sites for hydroxylation is 1. The van der Waals surface area contributed by atoms with Crippen molar-refractivity contribution >= 4 is 29.9 Å². The van der Waals surface area contributed by atoms with E-state index in [4.69, 9.17) is 9.73 Å². The predicted molar refractivity (Wildman–Crippen MR) is 114 cm³/mol. The van der Waals surface area contributed by atoms with Gasteiger partial charge in [0.2, 0.25) is 0 Å². The summed E-state index contributed by atoms with van der Waals surface area (Å²) in [7, 11) is 0. The second kappa shape index (κ2) is 8.44. The van der Waals surface area contributed by atoms with Gasteiger partial charge in [-0.3, -0.25) is 4.99 Å². The van der Waals surface area contributed by atoms with E-state index in [0.29, 0.717) is 30.6 Å². The second-order valence-corrected chi connectivity index (χ2v) is 7.64. The fourth-order valence-corrected chi connectivity index (χ4v) is 4.63. The lowest BCUT2D eigenvalue weighted by Gasteiger charge is -2.23. The molecule has 0 spiro atoms. The van der Waals surface area contributed by atoms with Gasteiger partial charge in [0.15, 0.2) is 5.96 Å². The fraction of sp³-hybridized carbons (Fsp3) is 0.650. The molecule has 26 heavy (non-hydrogen) atoms. The molecule has 3 aliphatic heterocycles. The standard InChI is InChI=1S/C20H29N3O2.HI/c1-3-21-20(22-10-17(24)14-6-4-13(2)5-7-14)23-11-15-16(12-23)19-9-8-18(15)25-19;/h4-7,15-19,24H,3,8-12H2,1-2H3,(H,21,22);1H. The molecular formula is C20H30IN3O2. The summed E-state index contributed by atoms with van der Waals surface area (Å²) in [6.07, 6.45) is 2.80. The molecular weight excluding hydrogens is 441 g/mol. The maximum Gasteiger partial charge on any atom is 0.194 e. The van der Waals surface area contributed by atoms with Crippen molar-refractivity contribution in [1.82, 2.24) is 10.2 Å². The molecule has 1 aromatic carbocycles. The number of hydrogen-bond donors (Lipinski definition) is 2. The van der Waals surface area contributed by atoms with Gasteiger partial charge in [-0.05, 0) is 32.3 Å². The molecule has 5 atom stereocenters. The zero-order valence-electron chi connectivity index (χ0n) is 15.6. The summed E-state index contributed by atoms with van der Waals surface area (Å²) in [6.45, 7) is 7.43. The highest BCUT2D eigenvalue weighted by Gasteiger charge is 2.53. The van der Waals surface area contributed by atoms with Gasteiger partial charge in [0.05, 0.1) is 24.9 Å². The fourth-order valence-electron chi connectivity index (χ4n) is 4.63. The number of aliphatic hydroxyl groups is 1. The number of aliphatic hydroxyl groups excluding tert-OH is 1. The number of likely N-dealkylation sites (tertiary alicyclic amines) is 1. The summed E-state index contributed by atoms with van der Waals surface area (Å²) in [6, 6.07) is 8.03. The molecule has 2 N–H and O–H groups in total. The van der Waals surface area contributed by atoms with E-state index in [0.717, 1.165) is 31.2 Å². The molecule has 0 radical (unpaired) electrons. The smallest absolute Gasteiger partial charge is 0.194 e. The van der Waals surface area contributed by atoms with E-state index >= 15 is 0 Å². The first-order valence-corrected chi connectivity index (χ1v) is 9.59. The van der Waals surface area contributed by atoms with Crippen LogP contribution in [0.4, 0.5) is 0 Å². The summed E-state index contributed by atoms with van der Waals surface area (Å²) in [5, 5.41) is 13.9. The molecule has 3 heterocycles. The number of rotatable bonds is 4. The SMILES string of the molecule is CCNC(=NCC(O)c1ccc(C)cc1)N1CC2C3CCC(O3)C2C1.I. The Labute approximate surface area is 173 Å². The summed E-state index contributed by atoms with van der Waals surface area (Å²) in [5.74, 6) is 2.25. The average Bonchev–Trinajstić information content (AvgIpc) is 3.31. The molecule has 3 fully saturated rings. The quantitative estimate of drug-likeness (QED) is 0.403. The average molecular weight is 471 g/mol. The number of nitrogens with zero attached hydrogens (tertiary/aromatic N) is 2. The van der Waals surface area contributed by atoms with E-state index in [9.17, 15) is 5.11 Å². The lowest BCUT2D eigenvalue weighted by atomic mass is 9.82. The maximum absolute atomic E-state index is 10.5. The van der Waals surface area contributed by atoms with Gasteiger partial charge in [-0.25, -0.2) is 0 Å². The topological polar surface area (TPSA) is 57.1 Å². The van der Waals surface area contributed by atoms with Crippen LogP contribution in [0.25, 0.3) is 0 Å². The van der Waals surface area contributed by atoms with Crippen LogP contribution in [-0.2, 0) is 4.74 Å². The number of ether oxygens (including phenoxy) is 1. The van der Waals surface area contributed by atoms with Crippen LogP contribution >= 0.6 is 24.0 Å². The number of halogens is 1. The third kappa shape index (κ3) is 3.87. The molecule has 3 saturated heterocycles. The number of guanidine groups is 1. The maximum atomic E-state index is 10.5. The van der Waals surface area contributed by atoms with E-state index in [1.165, 1.54) is 18.4 Å². The zero-order valence-corrected chi connectivity index (χ0v) is 17.9. The number of nitrogens with one attached hydrogen (secondary N) is 1.